The Kier molecular flexibility index (Phi) is 5.11. The van der Waals surface area contributed by atoms with E-state index in [4.69, 9.17) is 8.83 Å². The summed E-state index contributed by atoms with van der Waals surface area (Å²) < 4.78 is 10.7. The number of aromatic nitrogens is 2. The molecule has 0 aliphatic rings. The summed E-state index contributed by atoms with van der Waals surface area (Å²) in [5.41, 5.74) is -0.170. The molecule has 0 saturated heterocycles. The highest BCUT2D eigenvalue weighted by atomic mass is 32.2. The zero-order chi connectivity index (χ0) is 17.0. The number of hydrogen-bond donors (Lipinski definition) is 1. The van der Waals surface area contributed by atoms with Crippen LogP contribution >= 0.6 is 11.8 Å². The highest BCUT2D eigenvalue weighted by molar-refractivity contribution is 7.99. The minimum absolute atomic E-state index is 0.000485. The third kappa shape index (κ3) is 3.93. The van der Waals surface area contributed by atoms with E-state index in [9.17, 15) is 10.1 Å². The summed E-state index contributed by atoms with van der Waals surface area (Å²) in [6.07, 6.45) is 1.55. The van der Waals surface area contributed by atoms with Gasteiger partial charge in [-0.1, -0.05) is 25.6 Å². The molecule has 122 valence electrons. The summed E-state index contributed by atoms with van der Waals surface area (Å²) in [5.74, 6) is 0.871. The van der Waals surface area contributed by atoms with E-state index in [1.807, 2.05) is 13.8 Å². The SMILES string of the molecule is Cc1occc1-c1nnc(SCC(=O)N[C@](C)(C#N)C(C)C)o1. The molecule has 7 nitrogen and oxygen atoms in total. The molecule has 1 atom stereocenters. The van der Waals surface area contributed by atoms with Crippen LogP contribution in [0, 0.1) is 24.2 Å². The Bertz CT molecular complexity index is 731. The number of rotatable bonds is 6. The molecule has 0 aliphatic carbocycles. The lowest BCUT2D eigenvalue weighted by Gasteiger charge is -2.27. The maximum atomic E-state index is 12.0. The zero-order valence-electron chi connectivity index (χ0n) is 13.4. The number of nitrogens with one attached hydrogen (secondary N) is 1. The third-order valence-electron chi connectivity index (χ3n) is 3.61. The van der Waals surface area contributed by atoms with E-state index in [1.54, 1.807) is 26.2 Å². The van der Waals surface area contributed by atoms with Crippen LogP contribution in [0.4, 0.5) is 0 Å². The van der Waals surface area contributed by atoms with Crippen LogP contribution in [0.1, 0.15) is 26.5 Å². The van der Waals surface area contributed by atoms with Crippen molar-refractivity contribution in [3.05, 3.63) is 18.1 Å². The molecule has 2 aromatic heterocycles. The van der Waals surface area contributed by atoms with E-state index >= 15 is 0 Å². The van der Waals surface area contributed by atoms with Crippen LogP contribution in [-0.2, 0) is 4.79 Å². The third-order valence-corrected chi connectivity index (χ3v) is 4.43. The van der Waals surface area contributed by atoms with Gasteiger partial charge in [-0.3, -0.25) is 4.79 Å². The highest BCUT2D eigenvalue weighted by Crippen LogP contribution is 2.26. The molecule has 8 heteroatoms. The molecular weight excluding hydrogens is 316 g/mol. The Morgan fingerprint density at radius 1 is 1.52 bits per heavy atom. The molecule has 0 saturated carbocycles. The van der Waals surface area contributed by atoms with Crippen molar-refractivity contribution < 1.29 is 13.6 Å². The number of thioether (sulfide) groups is 1. The van der Waals surface area contributed by atoms with Gasteiger partial charge in [-0.25, -0.2) is 0 Å². The van der Waals surface area contributed by atoms with E-state index in [0.717, 1.165) is 17.3 Å². The number of furan rings is 1. The van der Waals surface area contributed by atoms with Gasteiger partial charge in [0, 0.05) is 0 Å². The lowest BCUT2D eigenvalue weighted by atomic mass is 9.90. The molecule has 1 amide bonds. The van der Waals surface area contributed by atoms with Crippen molar-refractivity contribution in [1.82, 2.24) is 15.5 Å². The lowest BCUT2D eigenvalue weighted by Crippen LogP contribution is -2.49. The van der Waals surface area contributed by atoms with Crippen molar-refractivity contribution in [2.75, 3.05) is 5.75 Å². The van der Waals surface area contributed by atoms with E-state index in [-0.39, 0.29) is 17.6 Å². The van der Waals surface area contributed by atoms with E-state index < -0.39 is 5.54 Å². The molecule has 23 heavy (non-hydrogen) atoms. The minimum atomic E-state index is -0.897. The summed E-state index contributed by atoms with van der Waals surface area (Å²) in [4.78, 5) is 12.0. The molecule has 0 bridgehead atoms. The van der Waals surface area contributed by atoms with Gasteiger partial charge < -0.3 is 14.2 Å². The van der Waals surface area contributed by atoms with Crippen LogP contribution in [0.25, 0.3) is 11.5 Å². The van der Waals surface area contributed by atoms with Gasteiger partial charge in [0.15, 0.2) is 0 Å². The molecule has 0 fully saturated rings. The van der Waals surface area contributed by atoms with E-state index in [2.05, 4.69) is 21.6 Å². The number of aryl methyl sites for hydroxylation is 1. The molecule has 2 aromatic rings. The van der Waals surface area contributed by atoms with Crippen molar-refractivity contribution in [2.24, 2.45) is 5.92 Å². The van der Waals surface area contributed by atoms with Gasteiger partial charge >= 0.3 is 0 Å². The Morgan fingerprint density at radius 3 is 2.83 bits per heavy atom. The van der Waals surface area contributed by atoms with Crippen LogP contribution in [0.15, 0.2) is 26.4 Å². The fourth-order valence-electron chi connectivity index (χ4n) is 1.74. The Balaban J connectivity index is 1.95. The molecular formula is C15H18N4O3S. The fourth-order valence-corrected chi connectivity index (χ4v) is 2.30. The second-order valence-electron chi connectivity index (χ2n) is 5.57. The molecule has 2 heterocycles. The smallest absolute Gasteiger partial charge is 0.277 e. The summed E-state index contributed by atoms with van der Waals surface area (Å²) >= 11 is 1.12. The molecule has 0 aliphatic heterocycles. The maximum absolute atomic E-state index is 12.0. The van der Waals surface area contributed by atoms with Gasteiger partial charge in [0.25, 0.3) is 11.1 Å². The lowest BCUT2D eigenvalue weighted by molar-refractivity contribution is -0.120. The first-order valence-corrected chi connectivity index (χ1v) is 8.07. The molecule has 0 unspecified atom stereocenters. The van der Waals surface area contributed by atoms with Crippen molar-refractivity contribution in [3.63, 3.8) is 0 Å². The first-order valence-electron chi connectivity index (χ1n) is 7.08. The Hall–Kier alpha value is -2.27. The van der Waals surface area contributed by atoms with Crippen LogP contribution < -0.4 is 5.32 Å². The normalized spacial score (nSPS) is 13.6. The number of nitriles is 1. The average Bonchev–Trinajstić information content (AvgIpc) is 3.13. The van der Waals surface area contributed by atoms with Crippen LogP contribution in [-0.4, -0.2) is 27.4 Å². The van der Waals surface area contributed by atoms with Crippen LogP contribution in [0.5, 0.6) is 0 Å². The van der Waals surface area contributed by atoms with Gasteiger partial charge in [0.1, 0.15) is 11.3 Å². The standard InChI is InChI=1S/C15H18N4O3S/c1-9(2)15(4,8-16)17-12(20)7-23-14-19-18-13(22-14)11-5-6-21-10(11)3/h5-6,9H,7H2,1-4H3,(H,17,20)/t15-/m1/s1. The van der Waals surface area contributed by atoms with Gasteiger partial charge in [0.2, 0.25) is 5.91 Å². The summed E-state index contributed by atoms with van der Waals surface area (Å²) in [6, 6.07) is 3.87. The van der Waals surface area contributed by atoms with Crippen molar-refractivity contribution in [2.45, 2.75) is 38.5 Å². The van der Waals surface area contributed by atoms with Gasteiger partial charge in [-0.2, -0.15) is 5.26 Å². The van der Waals surface area contributed by atoms with Crippen molar-refractivity contribution in [1.29, 1.82) is 5.26 Å². The second-order valence-corrected chi connectivity index (χ2v) is 6.50. The molecule has 0 spiro atoms. The number of amides is 1. The van der Waals surface area contributed by atoms with Gasteiger partial charge in [-0.05, 0) is 25.8 Å². The minimum Gasteiger partial charge on any atom is -0.469 e. The van der Waals surface area contributed by atoms with Crippen LogP contribution in [0.3, 0.4) is 0 Å². The van der Waals surface area contributed by atoms with E-state index in [0.29, 0.717) is 16.9 Å². The van der Waals surface area contributed by atoms with Gasteiger partial charge in [0.05, 0.1) is 23.6 Å². The highest BCUT2D eigenvalue weighted by Gasteiger charge is 2.30. The van der Waals surface area contributed by atoms with Crippen molar-refractivity contribution in [3.8, 4) is 17.5 Å². The quantitative estimate of drug-likeness (QED) is 0.810. The van der Waals surface area contributed by atoms with Crippen LogP contribution in [0.2, 0.25) is 0 Å². The number of hydrogen-bond acceptors (Lipinski definition) is 7. The summed E-state index contributed by atoms with van der Waals surface area (Å²) in [6.45, 7) is 7.27. The molecule has 0 radical (unpaired) electrons. The largest absolute Gasteiger partial charge is 0.469 e. The summed E-state index contributed by atoms with van der Waals surface area (Å²) in [7, 11) is 0. The fraction of sp³-hybridized carbons (Fsp3) is 0.467. The predicted molar refractivity (Wildman–Crippen MR) is 84.5 cm³/mol. The van der Waals surface area contributed by atoms with E-state index in [1.165, 1.54) is 0 Å². The predicted octanol–water partition coefficient (Wildman–Crippen LogP) is 2.78. The maximum Gasteiger partial charge on any atom is 0.277 e. The monoisotopic (exact) mass is 334 g/mol. The Labute approximate surface area is 138 Å². The topological polar surface area (TPSA) is 105 Å². The number of carbonyl (C=O) groups is 1. The molecule has 2 rings (SSSR count). The average molecular weight is 334 g/mol. The number of carbonyl (C=O) groups excluding carboxylic acids is 1. The number of nitrogens with zero attached hydrogens (tertiary/aromatic N) is 3. The first kappa shape index (κ1) is 17.1. The molecule has 1 N–H and O–H groups in total. The summed E-state index contributed by atoms with van der Waals surface area (Å²) in [5, 5.41) is 20.1. The molecule has 0 aromatic carbocycles. The van der Waals surface area contributed by atoms with Crippen molar-refractivity contribution >= 4 is 17.7 Å². The zero-order valence-corrected chi connectivity index (χ0v) is 14.2. The van der Waals surface area contributed by atoms with Gasteiger partial charge in [-0.15, -0.1) is 10.2 Å². The second kappa shape index (κ2) is 6.87. The Morgan fingerprint density at radius 2 is 2.26 bits per heavy atom. The first-order chi connectivity index (χ1) is 10.9.